The lowest BCUT2D eigenvalue weighted by Crippen LogP contribution is -2.33. The Labute approximate surface area is 124 Å². The quantitative estimate of drug-likeness (QED) is 0.932. The van der Waals surface area contributed by atoms with E-state index in [-0.39, 0.29) is 6.04 Å². The molecule has 0 spiro atoms. The van der Waals surface area contributed by atoms with Crippen molar-refractivity contribution < 1.29 is 9.47 Å². The first kappa shape index (κ1) is 13.9. The fourth-order valence-electron chi connectivity index (χ4n) is 2.82. The lowest BCUT2D eigenvalue weighted by atomic mass is 10.1. The normalized spacial score (nSPS) is 17.4. The molecule has 0 fully saturated rings. The van der Waals surface area contributed by atoms with Crippen LogP contribution in [0.15, 0.2) is 18.2 Å². The molecule has 0 bridgehead atoms. The van der Waals surface area contributed by atoms with Crippen molar-refractivity contribution in [2.24, 2.45) is 0 Å². The summed E-state index contributed by atoms with van der Waals surface area (Å²) in [4.78, 5) is 0. The van der Waals surface area contributed by atoms with Crippen LogP contribution >= 0.6 is 0 Å². The first-order chi connectivity index (χ1) is 10.3. The van der Waals surface area contributed by atoms with Gasteiger partial charge in [-0.15, -0.1) is 10.2 Å². The Morgan fingerprint density at radius 2 is 2.14 bits per heavy atom. The molecule has 0 amide bonds. The van der Waals surface area contributed by atoms with Crippen LogP contribution in [0.4, 0.5) is 0 Å². The Morgan fingerprint density at radius 1 is 1.29 bits per heavy atom. The van der Waals surface area contributed by atoms with Gasteiger partial charge in [-0.1, -0.05) is 13.0 Å². The standard InChI is InChI=1S/C15H20N4O2/c1-4-11-15-18-17-14(19(15)9-8-16-11)10-6-5-7-12(20-2)13(10)21-3/h5-7,11,16H,4,8-9H2,1-3H3. The first-order valence-electron chi connectivity index (χ1n) is 7.18. The summed E-state index contributed by atoms with van der Waals surface area (Å²) in [5.74, 6) is 3.22. The minimum Gasteiger partial charge on any atom is -0.493 e. The van der Waals surface area contributed by atoms with E-state index in [1.54, 1.807) is 14.2 Å². The molecule has 1 unspecified atom stereocenters. The maximum Gasteiger partial charge on any atom is 0.171 e. The number of rotatable bonds is 4. The van der Waals surface area contributed by atoms with E-state index in [1.165, 1.54) is 0 Å². The fraction of sp³-hybridized carbons (Fsp3) is 0.467. The van der Waals surface area contributed by atoms with E-state index in [1.807, 2.05) is 18.2 Å². The molecular formula is C15H20N4O2. The lowest BCUT2D eigenvalue weighted by Gasteiger charge is -2.24. The van der Waals surface area contributed by atoms with Crippen LogP contribution in [0.2, 0.25) is 0 Å². The molecule has 1 aliphatic rings. The summed E-state index contributed by atoms with van der Waals surface area (Å²) in [6.07, 6.45) is 0.993. The zero-order chi connectivity index (χ0) is 14.8. The maximum atomic E-state index is 5.51. The van der Waals surface area contributed by atoms with Crippen LogP contribution in [0.3, 0.4) is 0 Å². The summed E-state index contributed by atoms with van der Waals surface area (Å²) in [6, 6.07) is 6.07. The van der Waals surface area contributed by atoms with Gasteiger partial charge in [-0.2, -0.15) is 0 Å². The summed E-state index contributed by atoms with van der Waals surface area (Å²) < 4.78 is 13.0. The molecule has 0 aliphatic carbocycles. The number of nitrogens with zero attached hydrogens (tertiary/aromatic N) is 3. The second-order valence-electron chi connectivity index (χ2n) is 4.99. The SMILES string of the molecule is CCC1NCCn2c(-c3cccc(OC)c3OC)nnc21. The van der Waals surface area contributed by atoms with Crippen LogP contribution in [0.1, 0.15) is 25.2 Å². The van der Waals surface area contributed by atoms with Crippen molar-refractivity contribution in [2.75, 3.05) is 20.8 Å². The highest BCUT2D eigenvalue weighted by atomic mass is 16.5. The minimum absolute atomic E-state index is 0.261. The highest BCUT2D eigenvalue weighted by Gasteiger charge is 2.26. The van der Waals surface area contributed by atoms with Gasteiger partial charge < -0.3 is 19.4 Å². The Balaban J connectivity index is 2.12. The van der Waals surface area contributed by atoms with Gasteiger partial charge in [-0.3, -0.25) is 0 Å². The molecule has 1 aliphatic heterocycles. The number of hydrogen-bond donors (Lipinski definition) is 1. The lowest BCUT2D eigenvalue weighted by molar-refractivity contribution is 0.355. The Hall–Kier alpha value is -2.08. The molecule has 1 aromatic heterocycles. The molecule has 112 valence electrons. The van der Waals surface area contributed by atoms with Gasteiger partial charge in [0.25, 0.3) is 0 Å². The summed E-state index contributed by atoms with van der Waals surface area (Å²) in [7, 11) is 3.28. The predicted octanol–water partition coefficient (Wildman–Crippen LogP) is 2.02. The van der Waals surface area contributed by atoms with Crippen molar-refractivity contribution >= 4 is 0 Å². The van der Waals surface area contributed by atoms with Crippen LogP contribution in [0, 0.1) is 0 Å². The summed E-state index contributed by atoms with van der Waals surface area (Å²) in [5, 5.41) is 12.2. The molecule has 3 rings (SSSR count). The van der Waals surface area contributed by atoms with E-state index >= 15 is 0 Å². The third-order valence-electron chi connectivity index (χ3n) is 3.87. The van der Waals surface area contributed by atoms with E-state index in [2.05, 4.69) is 27.0 Å². The minimum atomic E-state index is 0.261. The highest BCUT2D eigenvalue weighted by molar-refractivity contribution is 5.69. The van der Waals surface area contributed by atoms with Crippen LogP contribution in [-0.4, -0.2) is 35.5 Å². The van der Waals surface area contributed by atoms with Crippen molar-refractivity contribution in [3.8, 4) is 22.9 Å². The molecule has 2 heterocycles. The zero-order valence-electron chi connectivity index (χ0n) is 12.6. The van der Waals surface area contributed by atoms with Gasteiger partial charge in [0.15, 0.2) is 23.1 Å². The van der Waals surface area contributed by atoms with Gasteiger partial charge in [0, 0.05) is 13.1 Å². The summed E-state index contributed by atoms with van der Waals surface area (Å²) in [6.45, 7) is 3.92. The highest BCUT2D eigenvalue weighted by Crippen LogP contribution is 2.38. The van der Waals surface area contributed by atoms with Crippen molar-refractivity contribution in [1.29, 1.82) is 0 Å². The summed E-state index contributed by atoms with van der Waals surface area (Å²) >= 11 is 0. The molecule has 0 saturated heterocycles. The molecule has 2 aromatic rings. The second kappa shape index (κ2) is 5.73. The third kappa shape index (κ3) is 2.25. The number of methoxy groups -OCH3 is 2. The van der Waals surface area contributed by atoms with E-state index in [9.17, 15) is 0 Å². The third-order valence-corrected chi connectivity index (χ3v) is 3.87. The van der Waals surface area contributed by atoms with Gasteiger partial charge in [0.2, 0.25) is 0 Å². The molecular weight excluding hydrogens is 268 g/mol. The average molecular weight is 288 g/mol. The number of aromatic nitrogens is 3. The number of fused-ring (bicyclic) bond motifs is 1. The number of ether oxygens (including phenoxy) is 2. The molecule has 6 heteroatoms. The van der Waals surface area contributed by atoms with Crippen LogP contribution in [-0.2, 0) is 6.54 Å². The number of benzene rings is 1. The summed E-state index contributed by atoms with van der Waals surface area (Å²) in [5.41, 5.74) is 0.910. The molecule has 1 aromatic carbocycles. The number of para-hydroxylation sites is 1. The predicted molar refractivity (Wildman–Crippen MR) is 79.6 cm³/mol. The van der Waals surface area contributed by atoms with Crippen LogP contribution in [0.5, 0.6) is 11.5 Å². The zero-order valence-corrected chi connectivity index (χ0v) is 12.6. The van der Waals surface area contributed by atoms with Gasteiger partial charge in [0.1, 0.15) is 0 Å². The molecule has 0 radical (unpaired) electrons. The monoisotopic (exact) mass is 288 g/mol. The van der Waals surface area contributed by atoms with E-state index in [4.69, 9.17) is 9.47 Å². The molecule has 1 N–H and O–H groups in total. The molecule has 6 nitrogen and oxygen atoms in total. The Morgan fingerprint density at radius 3 is 2.86 bits per heavy atom. The van der Waals surface area contributed by atoms with Crippen LogP contribution < -0.4 is 14.8 Å². The van der Waals surface area contributed by atoms with Crippen molar-refractivity contribution in [2.45, 2.75) is 25.9 Å². The molecule has 0 saturated carbocycles. The second-order valence-corrected chi connectivity index (χ2v) is 4.99. The smallest absolute Gasteiger partial charge is 0.171 e. The largest absolute Gasteiger partial charge is 0.493 e. The van der Waals surface area contributed by atoms with Gasteiger partial charge >= 0.3 is 0 Å². The van der Waals surface area contributed by atoms with Gasteiger partial charge in [0.05, 0.1) is 25.8 Å². The maximum absolute atomic E-state index is 5.51. The Bertz CT molecular complexity index is 639. The number of nitrogens with one attached hydrogen (secondary N) is 1. The molecule has 21 heavy (non-hydrogen) atoms. The van der Waals surface area contributed by atoms with Crippen molar-refractivity contribution in [3.63, 3.8) is 0 Å². The van der Waals surface area contributed by atoms with Crippen LogP contribution in [0.25, 0.3) is 11.4 Å². The van der Waals surface area contributed by atoms with Crippen molar-refractivity contribution in [1.82, 2.24) is 20.1 Å². The first-order valence-corrected chi connectivity index (χ1v) is 7.18. The van der Waals surface area contributed by atoms with Gasteiger partial charge in [-0.25, -0.2) is 0 Å². The number of hydrogen-bond acceptors (Lipinski definition) is 5. The fourth-order valence-corrected chi connectivity index (χ4v) is 2.82. The van der Waals surface area contributed by atoms with Gasteiger partial charge in [-0.05, 0) is 18.6 Å². The van der Waals surface area contributed by atoms with E-state index in [0.29, 0.717) is 11.5 Å². The average Bonchev–Trinajstić information content (AvgIpc) is 2.97. The van der Waals surface area contributed by atoms with E-state index < -0.39 is 0 Å². The molecule has 1 atom stereocenters. The Kier molecular flexibility index (Phi) is 3.79. The van der Waals surface area contributed by atoms with Crippen molar-refractivity contribution in [3.05, 3.63) is 24.0 Å². The topological polar surface area (TPSA) is 61.2 Å². The van der Waals surface area contributed by atoms with E-state index in [0.717, 1.165) is 36.7 Å².